The minimum atomic E-state index is 0.242. The number of fused-ring (bicyclic) bond motifs is 1. The number of anilines is 1. The molecule has 0 spiro atoms. The molecule has 0 N–H and O–H groups in total. The molecular weight excluding hydrogens is 406 g/mol. The number of pyridine rings is 1. The maximum atomic E-state index is 13.3. The van der Waals surface area contributed by atoms with Crippen LogP contribution in [-0.2, 0) is 4.79 Å². The van der Waals surface area contributed by atoms with Gasteiger partial charge in [-0.15, -0.1) is 0 Å². The standard InChI is InChI=1S/C29H35N3O/c33-29(20-23-8-2-1-3-9-23)32(28-12-6-7-16-30-28)19-18-31-17-15-27(22-31)26-14-13-24-10-4-5-11-25(24)21-26/h4-7,10-14,16,21,23,27H,1-3,8-9,15,17-20,22H2/t27-/m0/s1. The third kappa shape index (κ3) is 5.44. The predicted octanol–water partition coefficient (Wildman–Crippen LogP) is 6.03. The molecule has 172 valence electrons. The molecule has 1 aliphatic carbocycles. The van der Waals surface area contributed by atoms with Crippen molar-refractivity contribution in [3.8, 4) is 0 Å². The highest BCUT2D eigenvalue weighted by Crippen LogP contribution is 2.30. The molecule has 33 heavy (non-hydrogen) atoms. The van der Waals surface area contributed by atoms with Crippen molar-refractivity contribution >= 4 is 22.5 Å². The number of aromatic nitrogens is 1. The van der Waals surface area contributed by atoms with E-state index < -0.39 is 0 Å². The van der Waals surface area contributed by atoms with Gasteiger partial charge in [0.1, 0.15) is 5.82 Å². The lowest BCUT2D eigenvalue weighted by Crippen LogP contribution is -2.39. The number of carbonyl (C=O) groups is 1. The third-order valence-electron chi connectivity index (χ3n) is 7.57. The molecule has 1 amide bonds. The fourth-order valence-electron chi connectivity index (χ4n) is 5.64. The molecular formula is C29H35N3O. The van der Waals surface area contributed by atoms with E-state index in [0.717, 1.165) is 25.5 Å². The summed E-state index contributed by atoms with van der Waals surface area (Å²) < 4.78 is 0. The molecule has 2 aromatic carbocycles. The van der Waals surface area contributed by atoms with Crippen LogP contribution in [-0.4, -0.2) is 42.0 Å². The first kappa shape index (κ1) is 22.1. The summed E-state index contributed by atoms with van der Waals surface area (Å²) in [6.45, 7) is 3.76. The lowest BCUT2D eigenvalue weighted by Gasteiger charge is -2.28. The second-order valence-electron chi connectivity index (χ2n) is 9.83. The van der Waals surface area contributed by atoms with Gasteiger partial charge < -0.3 is 4.90 Å². The molecule has 2 aliphatic rings. The van der Waals surface area contributed by atoms with E-state index in [-0.39, 0.29) is 5.91 Å². The van der Waals surface area contributed by atoms with E-state index in [0.29, 0.717) is 24.8 Å². The SMILES string of the molecule is O=C(CC1CCCCC1)N(CCN1CC[C@H](c2ccc3ccccc3c2)C1)c1ccccn1. The predicted molar refractivity (Wildman–Crippen MR) is 136 cm³/mol. The summed E-state index contributed by atoms with van der Waals surface area (Å²) in [7, 11) is 0. The van der Waals surface area contributed by atoms with Gasteiger partial charge in [-0.25, -0.2) is 4.98 Å². The fraction of sp³-hybridized carbons (Fsp3) is 0.448. The smallest absolute Gasteiger partial charge is 0.228 e. The van der Waals surface area contributed by atoms with Crippen LogP contribution in [0.25, 0.3) is 10.8 Å². The second kappa shape index (κ2) is 10.5. The van der Waals surface area contributed by atoms with Crippen LogP contribution >= 0.6 is 0 Å². The van der Waals surface area contributed by atoms with Crippen molar-refractivity contribution in [2.75, 3.05) is 31.1 Å². The van der Waals surface area contributed by atoms with Crippen LogP contribution in [0, 0.1) is 5.92 Å². The van der Waals surface area contributed by atoms with Crippen molar-refractivity contribution in [2.24, 2.45) is 5.92 Å². The highest BCUT2D eigenvalue weighted by Gasteiger charge is 2.27. The molecule has 5 rings (SSSR count). The van der Waals surface area contributed by atoms with Crippen molar-refractivity contribution in [3.05, 3.63) is 72.4 Å². The monoisotopic (exact) mass is 441 g/mol. The van der Waals surface area contributed by atoms with Gasteiger partial charge in [0.25, 0.3) is 0 Å². The van der Waals surface area contributed by atoms with Gasteiger partial charge in [-0.1, -0.05) is 67.8 Å². The molecule has 1 saturated carbocycles. The average Bonchev–Trinajstić information content (AvgIpc) is 3.34. The first-order valence-electron chi connectivity index (χ1n) is 12.7. The normalized spacial score (nSPS) is 19.7. The summed E-state index contributed by atoms with van der Waals surface area (Å²) in [4.78, 5) is 22.3. The molecule has 1 aliphatic heterocycles. The molecule has 2 fully saturated rings. The number of hydrogen-bond acceptors (Lipinski definition) is 3. The Kier molecular flexibility index (Phi) is 7.01. The molecule has 0 bridgehead atoms. The zero-order valence-electron chi connectivity index (χ0n) is 19.5. The van der Waals surface area contributed by atoms with E-state index in [2.05, 4.69) is 52.3 Å². The number of rotatable bonds is 7. The minimum Gasteiger partial charge on any atom is -0.301 e. The van der Waals surface area contributed by atoms with Crippen molar-refractivity contribution < 1.29 is 4.79 Å². The zero-order valence-corrected chi connectivity index (χ0v) is 19.5. The molecule has 3 aromatic rings. The summed E-state index contributed by atoms with van der Waals surface area (Å²) in [5.41, 5.74) is 1.44. The van der Waals surface area contributed by atoms with E-state index >= 15 is 0 Å². The summed E-state index contributed by atoms with van der Waals surface area (Å²) in [6, 6.07) is 21.4. The van der Waals surface area contributed by atoms with Crippen LogP contribution in [0.15, 0.2) is 66.9 Å². The van der Waals surface area contributed by atoms with Gasteiger partial charge in [0.15, 0.2) is 0 Å². The summed E-state index contributed by atoms with van der Waals surface area (Å²) in [5, 5.41) is 2.63. The number of likely N-dealkylation sites (tertiary alicyclic amines) is 1. The summed E-state index contributed by atoms with van der Waals surface area (Å²) in [6.07, 6.45) is 9.89. The third-order valence-corrected chi connectivity index (χ3v) is 7.57. The fourth-order valence-corrected chi connectivity index (χ4v) is 5.64. The van der Waals surface area contributed by atoms with Crippen LogP contribution in [0.4, 0.5) is 5.82 Å². The molecule has 1 saturated heterocycles. The molecule has 0 unspecified atom stereocenters. The Hall–Kier alpha value is -2.72. The number of nitrogens with zero attached hydrogens (tertiary/aromatic N) is 3. The Morgan fingerprint density at radius 3 is 2.58 bits per heavy atom. The summed E-state index contributed by atoms with van der Waals surface area (Å²) in [5.74, 6) is 2.15. The maximum Gasteiger partial charge on any atom is 0.228 e. The molecule has 0 radical (unpaired) electrons. The van der Waals surface area contributed by atoms with Crippen LogP contribution in [0.1, 0.15) is 56.4 Å². The average molecular weight is 442 g/mol. The lowest BCUT2D eigenvalue weighted by molar-refractivity contribution is -0.119. The second-order valence-corrected chi connectivity index (χ2v) is 9.83. The van der Waals surface area contributed by atoms with Gasteiger partial charge >= 0.3 is 0 Å². The zero-order chi connectivity index (χ0) is 22.5. The first-order chi connectivity index (χ1) is 16.3. The Labute approximate surface area is 197 Å². The molecule has 1 atom stereocenters. The Balaban J connectivity index is 1.22. The van der Waals surface area contributed by atoms with E-state index in [1.807, 2.05) is 23.1 Å². The van der Waals surface area contributed by atoms with Crippen molar-refractivity contribution in [3.63, 3.8) is 0 Å². The maximum absolute atomic E-state index is 13.3. The highest BCUT2D eigenvalue weighted by molar-refractivity contribution is 5.92. The van der Waals surface area contributed by atoms with Crippen LogP contribution < -0.4 is 4.90 Å². The Morgan fingerprint density at radius 1 is 0.939 bits per heavy atom. The van der Waals surface area contributed by atoms with Crippen LogP contribution in [0.5, 0.6) is 0 Å². The van der Waals surface area contributed by atoms with E-state index in [1.54, 1.807) is 6.20 Å². The van der Waals surface area contributed by atoms with Crippen molar-refractivity contribution in [1.82, 2.24) is 9.88 Å². The van der Waals surface area contributed by atoms with Gasteiger partial charge in [0.2, 0.25) is 5.91 Å². The molecule has 2 heterocycles. The van der Waals surface area contributed by atoms with Crippen molar-refractivity contribution in [2.45, 2.75) is 50.9 Å². The van der Waals surface area contributed by atoms with Crippen molar-refractivity contribution in [1.29, 1.82) is 0 Å². The quantitative estimate of drug-likeness (QED) is 0.449. The number of hydrogen-bond donors (Lipinski definition) is 0. The van der Waals surface area contributed by atoms with Gasteiger partial charge in [0.05, 0.1) is 0 Å². The Morgan fingerprint density at radius 2 is 1.76 bits per heavy atom. The van der Waals surface area contributed by atoms with Gasteiger partial charge in [-0.2, -0.15) is 0 Å². The number of benzene rings is 2. The first-order valence-corrected chi connectivity index (χ1v) is 12.7. The van der Waals surface area contributed by atoms with Gasteiger partial charge in [-0.3, -0.25) is 9.69 Å². The molecule has 1 aromatic heterocycles. The van der Waals surface area contributed by atoms with E-state index in [4.69, 9.17) is 0 Å². The largest absolute Gasteiger partial charge is 0.301 e. The lowest BCUT2D eigenvalue weighted by atomic mass is 9.86. The molecule has 4 heteroatoms. The summed E-state index contributed by atoms with van der Waals surface area (Å²) >= 11 is 0. The van der Waals surface area contributed by atoms with E-state index in [9.17, 15) is 4.79 Å². The minimum absolute atomic E-state index is 0.242. The van der Waals surface area contributed by atoms with E-state index in [1.165, 1.54) is 54.9 Å². The Bertz CT molecular complexity index is 1060. The van der Waals surface area contributed by atoms with Gasteiger partial charge in [0, 0.05) is 32.3 Å². The molecule has 4 nitrogen and oxygen atoms in total. The number of amides is 1. The topological polar surface area (TPSA) is 36.4 Å². The number of carbonyl (C=O) groups excluding carboxylic acids is 1. The van der Waals surface area contributed by atoms with Crippen LogP contribution in [0.3, 0.4) is 0 Å². The van der Waals surface area contributed by atoms with Gasteiger partial charge in [-0.05, 0) is 66.1 Å². The highest BCUT2D eigenvalue weighted by atomic mass is 16.2. The van der Waals surface area contributed by atoms with Crippen LogP contribution in [0.2, 0.25) is 0 Å².